The first kappa shape index (κ1) is 18.1. The number of nitrogens with zero attached hydrogens (tertiary/aromatic N) is 4. The van der Waals surface area contributed by atoms with Crippen LogP contribution in [0.25, 0.3) is 33.2 Å². The van der Waals surface area contributed by atoms with Crippen LogP contribution in [0.1, 0.15) is 36.4 Å². The summed E-state index contributed by atoms with van der Waals surface area (Å²) in [5, 5.41) is 8.43. The number of pyridine rings is 2. The maximum absolute atomic E-state index is 13.7. The normalized spacial score (nSPS) is 15.6. The summed E-state index contributed by atoms with van der Waals surface area (Å²) in [5.41, 5.74) is 4.05. The zero-order valence-electron chi connectivity index (χ0n) is 16.1. The van der Waals surface area contributed by atoms with Crippen molar-refractivity contribution >= 4 is 21.9 Å². The van der Waals surface area contributed by atoms with Crippen molar-refractivity contribution in [3.63, 3.8) is 0 Å². The average Bonchev–Trinajstić information content (AvgIpc) is 3.11. The Labute approximate surface area is 166 Å². The van der Waals surface area contributed by atoms with Crippen LogP contribution < -0.4 is 5.32 Å². The van der Waals surface area contributed by atoms with Gasteiger partial charge in [-0.2, -0.15) is 5.10 Å². The summed E-state index contributed by atoms with van der Waals surface area (Å²) in [6.07, 6.45) is 1.37. The van der Waals surface area contributed by atoms with Gasteiger partial charge in [-0.25, -0.2) is 13.8 Å². The Morgan fingerprint density at radius 3 is 2.55 bits per heavy atom. The van der Waals surface area contributed by atoms with E-state index < -0.39 is 6.43 Å². The Morgan fingerprint density at radius 2 is 1.76 bits per heavy atom. The fourth-order valence-electron chi connectivity index (χ4n) is 4.13. The van der Waals surface area contributed by atoms with Gasteiger partial charge in [0.1, 0.15) is 0 Å². The summed E-state index contributed by atoms with van der Waals surface area (Å²) < 4.78 is 29.1. The molecule has 1 N–H and O–H groups in total. The standard InChI is InChI=1S/C22H21F2N5/c1-29-12-14-10-15(16(22(23)24)11-21(14)28-29)18-3-5-19-20(27-18)4-2-17(26-19)13-6-8-25-9-7-13/h2-5,10-13,22,25H,6-9H2,1H3. The van der Waals surface area contributed by atoms with Gasteiger partial charge >= 0.3 is 0 Å². The molecule has 1 fully saturated rings. The van der Waals surface area contributed by atoms with Crippen molar-refractivity contribution in [1.82, 2.24) is 25.1 Å². The molecule has 0 saturated carbocycles. The molecule has 5 rings (SSSR count). The van der Waals surface area contributed by atoms with Crippen LogP contribution in [0.5, 0.6) is 0 Å². The van der Waals surface area contributed by atoms with Crippen LogP contribution in [0.2, 0.25) is 0 Å². The summed E-state index contributed by atoms with van der Waals surface area (Å²) in [4.78, 5) is 9.45. The quantitative estimate of drug-likeness (QED) is 0.553. The monoisotopic (exact) mass is 393 g/mol. The minimum atomic E-state index is -2.60. The first-order valence-corrected chi connectivity index (χ1v) is 9.83. The molecule has 1 saturated heterocycles. The van der Waals surface area contributed by atoms with E-state index in [-0.39, 0.29) is 5.56 Å². The Hall–Kier alpha value is -2.93. The van der Waals surface area contributed by atoms with E-state index in [2.05, 4.69) is 15.4 Å². The second-order valence-electron chi connectivity index (χ2n) is 7.60. The van der Waals surface area contributed by atoms with Crippen molar-refractivity contribution in [2.45, 2.75) is 25.2 Å². The predicted octanol–water partition coefficient (Wildman–Crippen LogP) is 4.59. The lowest BCUT2D eigenvalue weighted by Gasteiger charge is -2.22. The fraction of sp³-hybridized carbons (Fsp3) is 0.318. The van der Waals surface area contributed by atoms with Gasteiger partial charge in [0.05, 0.1) is 22.2 Å². The van der Waals surface area contributed by atoms with Gasteiger partial charge in [-0.15, -0.1) is 0 Å². The number of halogens is 2. The molecule has 7 heteroatoms. The van der Waals surface area contributed by atoms with Crippen LogP contribution in [0.3, 0.4) is 0 Å². The first-order valence-electron chi connectivity index (χ1n) is 9.83. The van der Waals surface area contributed by atoms with Crippen molar-refractivity contribution in [1.29, 1.82) is 0 Å². The second kappa shape index (κ2) is 7.15. The van der Waals surface area contributed by atoms with E-state index in [4.69, 9.17) is 4.98 Å². The molecule has 5 nitrogen and oxygen atoms in total. The molecule has 148 valence electrons. The molecule has 4 aromatic rings. The van der Waals surface area contributed by atoms with Crippen LogP contribution in [0, 0.1) is 0 Å². The number of fused-ring (bicyclic) bond motifs is 2. The van der Waals surface area contributed by atoms with Gasteiger partial charge in [0, 0.05) is 41.4 Å². The van der Waals surface area contributed by atoms with Gasteiger partial charge < -0.3 is 5.32 Å². The molecule has 0 unspecified atom stereocenters. The molecule has 0 spiro atoms. The minimum absolute atomic E-state index is 0.0534. The molecule has 0 aliphatic carbocycles. The lowest BCUT2D eigenvalue weighted by molar-refractivity contribution is 0.152. The summed E-state index contributed by atoms with van der Waals surface area (Å²) in [5.74, 6) is 0.457. The molecule has 0 radical (unpaired) electrons. The third kappa shape index (κ3) is 3.35. The van der Waals surface area contributed by atoms with E-state index in [0.29, 0.717) is 28.2 Å². The Balaban J connectivity index is 1.58. The van der Waals surface area contributed by atoms with Crippen LogP contribution >= 0.6 is 0 Å². The number of aryl methyl sites for hydroxylation is 1. The third-order valence-corrected chi connectivity index (χ3v) is 5.62. The topological polar surface area (TPSA) is 55.6 Å². The Kier molecular flexibility index (Phi) is 4.47. The molecule has 4 heterocycles. The second-order valence-corrected chi connectivity index (χ2v) is 7.60. The van der Waals surface area contributed by atoms with Crippen molar-refractivity contribution in [2.75, 3.05) is 13.1 Å². The number of hydrogen-bond acceptors (Lipinski definition) is 4. The molecule has 0 amide bonds. The van der Waals surface area contributed by atoms with Crippen molar-refractivity contribution in [3.05, 3.63) is 53.9 Å². The van der Waals surface area contributed by atoms with E-state index in [1.54, 1.807) is 23.9 Å². The maximum atomic E-state index is 13.7. The van der Waals surface area contributed by atoms with Gasteiger partial charge in [-0.05, 0) is 62.3 Å². The smallest absolute Gasteiger partial charge is 0.264 e. The van der Waals surface area contributed by atoms with E-state index in [1.165, 1.54) is 6.07 Å². The molecular formula is C22H21F2N5. The summed E-state index contributed by atoms with van der Waals surface area (Å²) in [6.45, 7) is 2.02. The minimum Gasteiger partial charge on any atom is -0.317 e. The van der Waals surface area contributed by atoms with Gasteiger partial charge in [-0.3, -0.25) is 9.67 Å². The predicted molar refractivity (Wildman–Crippen MR) is 109 cm³/mol. The summed E-state index contributed by atoms with van der Waals surface area (Å²) >= 11 is 0. The van der Waals surface area contributed by atoms with Crippen molar-refractivity contribution in [2.24, 2.45) is 7.05 Å². The molecule has 0 atom stereocenters. The molecule has 1 aliphatic heterocycles. The Morgan fingerprint density at radius 1 is 1.00 bits per heavy atom. The van der Waals surface area contributed by atoms with E-state index in [9.17, 15) is 8.78 Å². The van der Waals surface area contributed by atoms with Crippen LogP contribution in [-0.2, 0) is 7.05 Å². The number of alkyl halides is 2. The van der Waals surface area contributed by atoms with Crippen LogP contribution in [-0.4, -0.2) is 32.8 Å². The van der Waals surface area contributed by atoms with Crippen LogP contribution in [0.4, 0.5) is 8.78 Å². The molecule has 1 aromatic carbocycles. The molecule has 3 aromatic heterocycles. The number of nitrogens with one attached hydrogen (secondary N) is 1. The third-order valence-electron chi connectivity index (χ3n) is 5.62. The van der Waals surface area contributed by atoms with Crippen molar-refractivity contribution < 1.29 is 8.78 Å². The number of aromatic nitrogens is 4. The highest BCUT2D eigenvalue weighted by Gasteiger charge is 2.19. The van der Waals surface area contributed by atoms with E-state index in [1.807, 2.05) is 24.4 Å². The molecule has 1 aliphatic rings. The number of benzene rings is 1. The lowest BCUT2D eigenvalue weighted by atomic mass is 9.94. The van der Waals surface area contributed by atoms with Crippen molar-refractivity contribution in [3.8, 4) is 11.3 Å². The van der Waals surface area contributed by atoms with E-state index >= 15 is 0 Å². The molecule has 29 heavy (non-hydrogen) atoms. The molecule has 0 bridgehead atoms. The first-order chi connectivity index (χ1) is 14.1. The maximum Gasteiger partial charge on any atom is 0.264 e. The van der Waals surface area contributed by atoms with Gasteiger partial charge in [0.15, 0.2) is 0 Å². The largest absolute Gasteiger partial charge is 0.317 e. The number of piperidine rings is 1. The highest BCUT2D eigenvalue weighted by atomic mass is 19.3. The SMILES string of the molecule is Cn1cc2cc(-c3ccc4nc(C5CCNCC5)ccc4n3)c(C(F)F)cc2n1. The highest BCUT2D eigenvalue weighted by Crippen LogP contribution is 2.34. The highest BCUT2D eigenvalue weighted by molar-refractivity contribution is 5.87. The fourth-order valence-corrected chi connectivity index (χ4v) is 4.13. The summed E-state index contributed by atoms with van der Waals surface area (Å²) in [6, 6.07) is 10.8. The zero-order chi connectivity index (χ0) is 20.0. The van der Waals surface area contributed by atoms with Crippen LogP contribution in [0.15, 0.2) is 42.6 Å². The number of rotatable bonds is 3. The Bertz CT molecular complexity index is 1190. The van der Waals surface area contributed by atoms with Gasteiger partial charge in [-0.1, -0.05) is 0 Å². The van der Waals surface area contributed by atoms with E-state index in [0.717, 1.165) is 42.5 Å². The average molecular weight is 393 g/mol. The lowest BCUT2D eigenvalue weighted by Crippen LogP contribution is -2.27. The molecular weight excluding hydrogens is 372 g/mol. The van der Waals surface area contributed by atoms with Gasteiger partial charge in [0.25, 0.3) is 6.43 Å². The number of hydrogen-bond donors (Lipinski definition) is 1. The summed E-state index contributed by atoms with van der Waals surface area (Å²) in [7, 11) is 1.78. The van der Waals surface area contributed by atoms with Gasteiger partial charge in [0.2, 0.25) is 0 Å². The zero-order valence-corrected chi connectivity index (χ0v) is 16.1.